The number of hydrogen-bond donors (Lipinski definition) is 2. The molecule has 2 aliphatic heterocycles. The third-order valence-corrected chi connectivity index (χ3v) is 6.55. The molecule has 2 aliphatic rings. The van der Waals surface area contributed by atoms with E-state index in [0.29, 0.717) is 24.5 Å². The molecular formula is C25H31N4O2+. The Kier molecular flexibility index (Phi) is 6.55. The monoisotopic (exact) mass is 419 g/mol. The fourth-order valence-corrected chi connectivity index (χ4v) is 4.61. The summed E-state index contributed by atoms with van der Waals surface area (Å²) in [7, 11) is 0. The van der Waals surface area contributed by atoms with E-state index in [4.69, 9.17) is 4.74 Å². The minimum atomic E-state index is -0.0471. The van der Waals surface area contributed by atoms with Gasteiger partial charge in [-0.3, -0.25) is 4.79 Å². The number of rotatable bonds is 6. The van der Waals surface area contributed by atoms with Crippen molar-refractivity contribution in [3.05, 3.63) is 58.8 Å². The molecule has 6 nitrogen and oxygen atoms in total. The average molecular weight is 420 g/mol. The third-order valence-electron chi connectivity index (χ3n) is 6.55. The second-order valence-electron chi connectivity index (χ2n) is 8.57. The Morgan fingerprint density at radius 1 is 1.32 bits per heavy atom. The van der Waals surface area contributed by atoms with E-state index < -0.39 is 0 Å². The summed E-state index contributed by atoms with van der Waals surface area (Å²) in [6.45, 7) is 7.56. The highest BCUT2D eigenvalue weighted by atomic mass is 16.5. The lowest BCUT2D eigenvalue weighted by molar-refractivity contribution is -0.886. The van der Waals surface area contributed by atoms with Crippen molar-refractivity contribution in [2.24, 2.45) is 0 Å². The Bertz CT molecular complexity index is 1010. The zero-order chi connectivity index (χ0) is 21.8. The average Bonchev–Trinajstić information content (AvgIpc) is 3.38. The van der Waals surface area contributed by atoms with Crippen LogP contribution in [0.2, 0.25) is 0 Å². The van der Waals surface area contributed by atoms with Gasteiger partial charge in [0.2, 0.25) is 0 Å². The normalized spacial score (nSPS) is 20.9. The van der Waals surface area contributed by atoms with Crippen LogP contribution < -0.4 is 10.2 Å². The van der Waals surface area contributed by atoms with Crippen LogP contribution in [0, 0.1) is 25.2 Å². The fourth-order valence-electron chi connectivity index (χ4n) is 4.61. The predicted octanol–water partition coefficient (Wildman–Crippen LogP) is 2.47. The summed E-state index contributed by atoms with van der Waals surface area (Å²) >= 11 is 0. The summed E-state index contributed by atoms with van der Waals surface area (Å²) in [5, 5.41) is 12.8. The molecule has 3 heterocycles. The van der Waals surface area contributed by atoms with Crippen LogP contribution in [0.15, 0.2) is 36.4 Å². The van der Waals surface area contributed by atoms with Gasteiger partial charge in [0.15, 0.2) is 6.54 Å². The molecule has 1 fully saturated rings. The fraction of sp³-hybridized carbons (Fsp3) is 0.440. The first-order chi connectivity index (χ1) is 15.1. The number of carbonyl (C=O) groups is 1. The van der Waals surface area contributed by atoms with Crippen LogP contribution in [-0.2, 0) is 16.1 Å². The summed E-state index contributed by atoms with van der Waals surface area (Å²) in [5.41, 5.74) is 5.12. The van der Waals surface area contributed by atoms with Gasteiger partial charge in [0, 0.05) is 18.7 Å². The minimum absolute atomic E-state index is 0.0471. The second-order valence-corrected chi connectivity index (χ2v) is 8.57. The molecule has 1 aromatic carbocycles. The number of aromatic nitrogens is 1. The molecule has 0 saturated carbocycles. The highest BCUT2D eigenvalue weighted by Gasteiger charge is 2.25. The van der Waals surface area contributed by atoms with E-state index in [9.17, 15) is 10.1 Å². The molecule has 6 heteroatoms. The van der Waals surface area contributed by atoms with Gasteiger partial charge in [-0.2, -0.15) is 5.26 Å². The summed E-state index contributed by atoms with van der Waals surface area (Å²) in [4.78, 5) is 14.1. The first-order valence-corrected chi connectivity index (χ1v) is 11.2. The Balaban J connectivity index is 1.43. The van der Waals surface area contributed by atoms with Crippen molar-refractivity contribution in [2.45, 2.75) is 45.8 Å². The Morgan fingerprint density at radius 2 is 2.13 bits per heavy atom. The molecule has 0 spiro atoms. The topological polar surface area (TPSA) is 71.5 Å². The molecule has 1 saturated heterocycles. The van der Waals surface area contributed by atoms with Crippen LogP contribution in [0.1, 0.15) is 41.6 Å². The molecule has 0 aliphatic carbocycles. The summed E-state index contributed by atoms with van der Waals surface area (Å²) in [6, 6.07) is 12.7. The van der Waals surface area contributed by atoms with Gasteiger partial charge in [-0.15, -0.1) is 0 Å². The van der Waals surface area contributed by atoms with E-state index in [2.05, 4.69) is 46.3 Å². The molecule has 1 amide bonds. The number of amides is 1. The van der Waals surface area contributed by atoms with Crippen LogP contribution in [0.25, 0.3) is 5.57 Å². The molecule has 0 bridgehead atoms. The van der Waals surface area contributed by atoms with Crippen molar-refractivity contribution in [3.8, 4) is 6.07 Å². The molecule has 2 atom stereocenters. The van der Waals surface area contributed by atoms with Crippen LogP contribution >= 0.6 is 0 Å². The van der Waals surface area contributed by atoms with Gasteiger partial charge in [-0.05, 0) is 49.5 Å². The van der Waals surface area contributed by atoms with Gasteiger partial charge in [0.05, 0.1) is 31.3 Å². The zero-order valence-corrected chi connectivity index (χ0v) is 18.4. The van der Waals surface area contributed by atoms with Crippen molar-refractivity contribution < 1.29 is 14.4 Å². The Labute approximate surface area is 184 Å². The molecule has 0 radical (unpaired) electrons. The SMILES string of the molecule is Cc1c(C#N)c(NC(=O)C[NH+]2CC=C(c3ccccc3)CC2)n(C[C@H]2CCCO2)c1C. The van der Waals surface area contributed by atoms with Crippen molar-refractivity contribution in [3.63, 3.8) is 0 Å². The maximum atomic E-state index is 12.9. The van der Waals surface area contributed by atoms with Crippen molar-refractivity contribution >= 4 is 17.3 Å². The number of hydrogen-bond acceptors (Lipinski definition) is 3. The highest BCUT2D eigenvalue weighted by molar-refractivity contribution is 5.92. The number of nitrogens with zero attached hydrogens (tertiary/aromatic N) is 2. The highest BCUT2D eigenvalue weighted by Crippen LogP contribution is 2.28. The number of nitrogens with one attached hydrogen (secondary N) is 2. The molecule has 31 heavy (non-hydrogen) atoms. The number of nitriles is 1. The number of carbonyl (C=O) groups excluding carboxylic acids is 1. The Morgan fingerprint density at radius 3 is 2.77 bits per heavy atom. The molecule has 1 unspecified atom stereocenters. The third kappa shape index (κ3) is 4.73. The van der Waals surface area contributed by atoms with E-state index in [1.807, 2.05) is 19.9 Å². The van der Waals surface area contributed by atoms with E-state index in [1.165, 1.54) is 16.0 Å². The van der Waals surface area contributed by atoms with Crippen LogP contribution in [-0.4, -0.2) is 42.8 Å². The summed E-state index contributed by atoms with van der Waals surface area (Å²) < 4.78 is 7.85. The van der Waals surface area contributed by atoms with Crippen molar-refractivity contribution in [1.29, 1.82) is 5.26 Å². The van der Waals surface area contributed by atoms with Crippen LogP contribution in [0.3, 0.4) is 0 Å². The quantitative estimate of drug-likeness (QED) is 0.756. The second kappa shape index (κ2) is 9.51. The molecule has 2 aromatic rings. The van der Waals surface area contributed by atoms with E-state index in [-0.39, 0.29) is 12.0 Å². The van der Waals surface area contributed by atoms with Gasteiger partial charge in [-0.1, -0.05) is 30.3 Å². The number of quaternary nitrogens is 1. The standard InChI is InChI=1S/C25H30N4O2/c1-18-19(2)29(16-22-9-6-14-31-22)25(23(18)15-26)27-24(30)17-28-12-10-21(11-13-28)20-7-4-3-5-8-20/h3-5,7-8,10,22H,6,9,11-14,16-17H2,1-2H3,(H,27,30)/p+1/t22-/m1/s1. The summed E-state index contributed by atoms with van der Waals surface area (Å²) in [6.07, 6.45) is 5.43. The van der Waals surface area contributed by atoms with Gasteiger partial charge >= 0.3 is 0 Å². The lowest BCUT2D eigenvalue weighted by Crippen LogP contribution is -3.13. The lowest BCUT2D eigenvalue weighted by atomic mass is 10.00. The summed E-state index contributed by atoms with van der Waals surface area (Å²) in [5.74, 6) is 0.573. The maximum Gasteiger partial charge on any atom is 0.280 e. The first kappa shape index (κ1) is 21.4. The van der Waals surface area contributed by atoms with Gasteiger partial charge in [0.25, 0.3) is 5.91 Å². The predicted molar refractivity (Wildman–Crippen MR) is 121 cm³/mol. The Hall–Kier alpha value is -2.88. The van der Waals surface area contributed by atoms with Gasteiger partial charge < -0.3 is 19.5 Å². The minimum Gasteiger partial charge on any atom is -0.376 e. The largest absolute Gasteiger partial charge is 0.376 e. The number of benzene rings is 1. The van der Waals surface area contributed by atoms with Crippen molar-refractivity contribution in [1.82, 2.24) is 4.57 Å². The molecule has 162 valence electrons. The molecule has 1 aromatic heterocycles. The first-order valence-electron chi connectivity index (χ1n) is 11.2. The van der Waals surface area contributed by atoms with Crippen LogP contribution in [0.4, 0.5) is 5.82 Å². The zero-order valence-electron chi connectivity index (χ0n) is 18.4. The van der Waals surface area contributed by atoms with E-state index in [1.54, 1.807) is 0 Å². The molecule has 2 N–H and O–H groups in total. The van der Waals surface area contributed by atoms with Crippen molar-refractivity contribution in [2.75, 3.05) is 31.6 Å². The van der Waals surface area contributed by atoms with E-state index >= 15 is 0 Å². The lowest BCUT2D eigenvalue weighted by Gasteiger charge is -2.23. The maximum absolute atomic E-state index is 12.9. The van der Waals surface area contributed by atoms with Gasteiger partial charge in [-0.25, -0.2) is 0 Å². The molecule has 4 rings (SSSR count). The smallest absolute Gasteiger partial charge is 0.280 e. The van der Waals surface area contributed by atoms with E-state index in [0.717, 1.165) is 50.2 Å². The molecular weight excluding hydrogens is 388 g/mol. The number of anilines is 1. The number of ether oxygens (including phenoxy) is 1. The van der Waals surface area contributed by atoms with Gasteiger partial charge in [0.1, 0.15) is 11.9 Å². The van der Waals surface area contributed by atoms with Crippen LogP contribution in [0.5, 0.6) is 0 Å².